The van der Waals surface area contributed by atoms with E-state index < -0.39 is 0 Å². The quantitative estimate of drug-likeness (QED) is 0.810. The Kier molecular flexibility index (Phi) is 3.45. The molecule has 1 aromatic carbocycles. The van der Waals surface area contributed by atoms with Gasteiger partial charge in [0.25, 0.3) is 0 Å². The molecule has 0 fully saturated rings. The second kappa shape index (κ2) is 5.02. The zero-order valence-corrected chi connectivity index (χ0v) is 9.79. The first-order chi connectivity index (χ1) is 7.78. The predicted octanol–water partition coefficient (Wildman–Crippen LogP) is 3.76. The summed E-state index contributed by atoms with van der Waals surface area (Å²) in [5.74, 6) is 0. The van der Waals surface area contributed by atoms with E-state index in [-0.39, 0.29) is 0 Å². The number of nitrogens with zero attached hydrogens (tertiary/aromatic N) is 2. The van der Waals surface area contributed by atoms with Gasteiger partial charge in [-0.3, -0.25) is 0 Å². The smallest absolute Gasteiger partial charge is 0.140 e. The van der Waals surface area contributed by atoms with Crippen molar-refractivity contribution in [1.29, 1.82) is 5.26 Å². The van der Waals surface area contributed by atoms with Gasteiger partial charge in [0.15, 0.2) is 0 Å². The van der Waals surface area contributed by atoms with Gasteiger partial charge in [-0.1, -0.05) is 29.4 Å². The van der Waals surface area contributed by atoms with E-state index in [4.69, 9.17) is 16.9 Å². The molecular formula is C12H7ClN2S. The van der Waals surface area contributed by atoms with Crippen molar-refractivity contribution in [2.24, 2.45) is 0 Å². The van der Waals surface area contributed by atoms with E-state index >= 15 is 0 Å². The fourth-order valence-electron chi connectivity index (χ4n) is 1.17. The predicted molar refractivity (Wildman–Crippen MR) is 64.5 cm³/mol. The molecule has 0 radical (unpaired) electrons. The average Bonchev–Trinajstić information content (AvgIpc) is 2.30. The molecule has 0 aliphatic carbocycles. The van der Waals surface area contributed by atoms with Crippen LogP contribution in [0.3, 0.4) is 0 Å². The van der Waals surface area contributed by atoms with Crippen LogP contribution < -0.4 is 0 Å². The number of hydrogen-bond donors (Lipinski definition) is 0. The molecule has 16 heavy (non-hydrogen) atoms. The number of halogens is 1. The van der Waals surface area contributed by atoms with E-state index in [0.29, 0.717) is 10.7 Å². The fraction of sp³-hybridized carbons (Fsp3) is 0. The van der Waals surface area contributed by atoms with Crippen molar-refractivity contribution in [2.45, 2.75) is 9.79 Å². The van der Waals surface area contributed by atoms with Gasteiger partial charge in [-0.15, -0.1) is 0 Å². The summed E-state index contributed by atoms with van der Waals surface area (Å²) in [6.07, 6.45) is 1.68. The van der Waals surface area contributed by atoms with Crippen molar-refractivity contribution in [3.05, 3.63) is 53.3 Å². The van der Waals surface area contributed by atoms with Crippen molar-refractivity contribution in [2.75, 3.05) is 0 Å². The second-order valence-corrected chi connectivity index (χ2v) is 4.63. The van der Waals surface area contributed by atoms with Crippen LogP contribution in [0, 0.1) is 11.3 Å². The lowest BCUT2D eigenvalue weighted by Gasteiger charge is -2.01. The van der Waals surface area contributed by atoms with Crippen molar-refractivity contribution in [3.8, 4) is 6.07 Å². The zero-order valence-electron chi connectivity index (χ0n) is 8.22. The summed E-state index contributed by atoms with van der Waals surface area (Å²) >= 11 is 7.45. The molecule has 4 heteroatoms. The monoisotopic (exact) mass is 246 g/mol. The topological polar surface area (TPSA) is 36.7 Å². The van der Waals surface area contributed by atoms with E-state index in [1.807, 2.05) is 36.4 Å². The number of aromatic nitrogens is 1. The molecule has 0 saturated heterocycles. The van der Waals surface area contributed by atoms with Gasteiger partial charge in [-0.2, -0.15) is 5.26 Å². The Balaban J connectivity index is 2.18. The summed E-state index contributed by atoms with van der Waals surface area (Å²) in [6, 6.07) is 13.2. The summed E-state index contributed by atoms with van der Waals surface area (Å²) in [4.78, 5) is 6.04. The molecule has 0 unspecified atom stereocenters. The summed E-state index contributed by atoms with van der Waals surface area (Å²) in [5, 5.41) is 9.33. The highest BCUT2D eigenvalue weighted by Crippen LogP contribution is 2.28. The molecule has 0 N–H and O–H groups in total. The van der Waals surface area contributed by atoms with E-state index in [1.54, 1.807) is 24.0 Å². The number of hydrogen-bond acceptors (Lipinski definition) is 3. The minimum absolute atomic E-state index is 0.426. The minimum atomic E-state index is 0.426. The maximum Gasteiger partial charge on any atom is 0.140 e. The number of rotatable bonds is 2. The first-order valence-electron chi connectivity index (χ1n) is 4.57. The molecule has 0 amide bonds. The summed E-state index contributed by atoms with van der Waals surface area (Å²) in [6.45, 7) is 0. The first-order valence-corrected chi connectivity index (χ1v) is 5.77. The highest BCUT2D eigenvalue weighted by molar-refractivity contribution is 7.99. The van der Waals surface area contributed by atoms with Crippen molar-refractivity contribution >= 4 is 23.4 Å². The normalized spacial score (nSPS) is 9.75. The average molecular weight is 247 g/mol. The lowest BCUT2D eigenvalue weighted by atomic mass is 10.4. The lowest BCUT2D eigenvalue weighted by molar-refractivity contribution is 1.19. The van der Waals surface area contributed by atoms with E-state index in [2.05, 4.69) is 4.98 Å². The molecule has 1 aromatic heterocycles. The van der Waals surface area contributed by atoms with Crippen molar-refractivity contribution in [3.63, 3.8) is 0 Å². The molecule has 0 spiro atoms. The van der Waals surface area contributed by atoms with Gasteiger partial charge in [0.05, 0.1) is 0 Å². The number of pyridine rings is 1. The molecular weight excluding hydrogens is 240 g/mol. The van der Waals surface area contributed by atoms with Gasteiger partial charge in [0, 0.05) is 21.0 Å². The Bertz CT molecular complexity index is 531. The largest absolute Gasteiger partial charge is 0.244 e. The lowest BCUT2D eigenvalue weighted by Crippen LogP contribution is -1.81. The van der Waals surface area contributed by atoms with Crippen LogP contribution in [0.2, 0.25) is 5.02 Å². The molecule has 78 valence electrons. The van der Waals surface area contributed by atoms with Gasteiger partial charge in [-0.05, 0) is 30.3 Å². The molecule has 2 rings (SSSR count). The third-order valence-corrected chi connectivity index (χ3v) is 3.08. The van der Waals surface area contributed by atoms with Crippen molar-refractivity contribution < 1.29 is 0 Å². The van der Waals surface area contributed by atoms with Crippen molar-refractivity contribution in [1.82, 2.24) is 4.98 Å². The Morgan fingerprint density at radius 1 is 1.19 bits per heavy atom. The van der Waals surface area contributed by atoms with Crippen LogP contribution in [0.1, 0.15) is 5.69 Å². The third kappa shape index (κ3) is 2.75. The fourth-order valence-corrected chi connectivity index (χ4v) is 2.27. The molecule has 0 aliphatic heterocycles. The van der Waals surface area contributed by atoms with Crippen LogP contribution in [0.4, 0.5) is 0 Å². The molecule has 0 bridgehead atoms. The minimum Gasteiger partial charge on any atom is -0.244 e. The van der Waals surface area contributed by atoms with Gasteiger partial charge < -0.3 is 0 Å². The molecule has 0 saturated carbocycles. The van der Waals surface area contributed by atoms with Crippen LogP contribution in [-0.4, -0.2) is 4.98 Å². The van der Waals surface area contributed by atoms with Crippen LogP contribution in [0.15, 0.2) is 52.4 Å². The van der Waals surface area contributed by atoms with Crippen LogP contribution in [0.5, 0.6) is 0 Å². The van der Waals surface area contributed by atoms with E-state index in [0.717, 1.165) is 9.79 Å². The number of nitriles is 1. The SMILES string of the molecule is N#Cc1ccc(Sc2cccc(Cl)c2)cn1. The first kappa shape index (κ1) is 11.0. The van der Waals surface area contributed by atoms with E-state index in [9.17, 15) is 0 Å². The maximum atomic E-state index is 8.62. The Morgan fingerprint density at radius 2 is 2.06 bits per heavy atom. The standard InChI is InChI=1S/C12H7ClN2S/c13-9-2-1-3-11(6-9)16-12-5-4-10(7-14)15-8-12/h1-6,8H. The molecule has 0 aliphatic rings. The van der Waals surface area contributed by atoms with Crippen LogP contribution >= 0.6 is 23.4 Å². The Morgan fingerprint density at radius 3 is 2.69 bits per heavy atom. The van der Waals surface area contributed by atoms with Gasteiger partial charge in [0.2, 0.25) is 0 Å². The summed E-state index contributed by atoms with van der Waals surface area (Å²) < 4.78 is 0. The molecule has 2 aromatic rings. The van der Waals surface area contributed by atoms with Gasteiger partial charge in [-0.25, -0.2) is 4.98 Å². The number of benzene rings is 1. The Hall–Kier alpha value is -1.50. The molecule has 0 atom stereocenters. The van der Waals surface area contributed by atoms with Crippen LogP contribution in [0.25, 0.3) is 0 Å². The Labute approximate surface area is 103 Å². The maximum absolute atomic E-state index is 8.62. The van der Waals surface area contributed by atoms with E-state index in [1.165, 1.54) is 0 Å². The third-order valence-electron chi connectivity index (χ3n) is 1.88. The van der Waals surface area contributed by atoms with Gasteiger partial charge >= 0.3 is 0 Å². The molecule has 2 nitrogen and oxygen atoms in total. The zero-order chi connectivity index (χ0) is 11.4. The highest BCUT2D eigenvalue weighted by Gasteiger charge is 1.99. The summed E-state index contributed by atoms with van der Waals surface area (Å²) in [5.41, 5.74) is 0.426. The van der Waals surface area contributed by atoms with Gasteiger partial charge in [0.1, 0.15) is 11.8 Å². The highest BCUT2D eigenvalue weighted by atomic mass is 35.5. The summed E-state index contributed by atoms with van der Waals surface area (Å²) in [7, 11) is 0. The van der Waals surface area contributed by atoms with Crippen LogP contribution in [-0.2, 0) is 0 Å². The second-order valence-electron chi connectivity index (χ2n) is 3.05. The molecule has 1 heterocycles.